The normalized spacial score (nSPS) is 12.6. The molecule has 0 bridgehead atoms. The van der Waals surface area contributed by atoms with Gasteiger partial charge in [-0.2, -0.15) is 0 Å². The van der Waals surface area contributed by atoms with Gasteiger partial charge < -0.3 is 0 Å². The van der Waals surface area contributed by atoms with E-state index in [2.05, 4.69) is 15.9 Å². The topological polar surface area (TPSA) is 17.1 Å². The number of carbonyl (C=O) groups excluding carboxylic acids is 1. The molecular weight excluding hydrogens is 239 g/mol. The first-order chi connectivity index (χ1) is 5.61. The van der Waals surface area contributed by atoms with Crippen LogP contribution < -0.4 is 0 Å². The average Bonchev–Trinajstić information content (AvgIpc) is 2.03. The van der Waals surface area contributed by atoms with E-state index in [-0.39, 0.29) is 10.6 Å². The minimum absolute atomic E-state index is 0.0532. The molecule has 0 unspecified atom stereocenters. The second kappa shape index (κ2) is 4.06. The molecule has 0 amide bonds. The van der Waals surface area contributed by atoms with Gasteiger partial charge in [0.1, 0.15) is 0 Å². The summed E-state index contributed by atoms with van der Waals surface area (Å²) < 4.78 is 0. The highest BCUT2D eigenvalue weighted by molar-refractivity contribution is 9.10. The lowest BCUT2D eigenvalue weighted by atomic mass is 10.1. The molecule has 64 valence electrons. The van der Waals surface area contributed by atoms with Gasteiger partial charge in [0.15, 0.2) is 5.78 Å². The van der Waals surface area contributed by atoms with Crippen molar-refractivity contribution in [1.82, 2.24) is 0 Å². The van der Waals surface area contributed by atoms with Crippen molar-refractivity contribution in [3.8, 4) is 0 Å². The molecule has 1 rings (SSSR count). The summed E-state index contributed by atoms with van der Waals surface area (Å²) in [6, 6.07) is 6.94. The minimum Gasteiger partial charge on any atom is -0.293 e. The Morgan fingerprint density at radius 3 is 2.75 bits per heavy atom. The van der Waals surface area contributed by atoms with Gasteiger partial charge in [0.05, 0.1) is 4.83 Å². The monoisotopic (exact) mass is 246 g/mol. The van der Waals surface area contributed by atoms with Crippen LogP contribution in [0.2, 0.25) is 5.02 Å². The Kier molecular flexibility index (Phi) is 3.29. The molecule has 12 heavy (non-hydrogen) atoms. The van der Waals surface area contributed by atoms with Crippen molar-refractivity contribution in [2.75, 3.05) is 0 Å². The van der Waals surface area contributed by atoms with Gasteiger partial charge in [-0.25, -0.2) is 0 Å². The summed E-state index contributed by atoms with van der Waals surface area (Å²) in [4.78, 5) is 11.2. The van der Waals surface area contributed by atoms with E-state index >= 15 is 0 Å². The fraction of sp³-hybridized carbons (Fsp3) is 0.222. The molecule has 0 radical (unpaired) electrons. The van der Waals surface area contributed by atoms with Gasteiger partial charge in [0.2, 0.25) is 0 Å². The van der Waals surface area contributed by atoms with Crippen LogP contribution in [-0.4, -0.2) is 10.6 Å². The average molecular weight is 248 g/mol. The highest BCUT2D eigenvalue weighted by Crippen LogP contribution is 2.14. The first kappa shape index (κ1) is 9.75. The molecule has 3 heteroatoms. The largest absolute Gasteiger partial charge is 0.293 e. The third kappa shape index (κ3) is 2.32. The van der Waals surface area contributed by atoms with E-state index in [1.54, 1.807) is 31.2 Å². The van der Waals surface area contributed by atoms with Crippen LogP contribution in [-0.2, 0) is 0 Å². The van der Waals surface area contributed by atoms with Gasteiger partial charge in [-0.05, 0) is 19.1 Å². The first-order valence-electron chi connectivity index (χ1n) is 3.55. The maximum atomic E-state index is 11.4. The molecule has 0 spiro atoms. The minimum atomic E-state index is -0.157. The molecule has 1 aromatic rings. The Morgan fingerprint density at radius 2 is 2.25 bits per heavy atom. The number of rotatable bonds is 2. The van der Waals surface area contributed by atoms with Gasteiger partial charge in [0, 0.05) is 10.6 Å². The van der Waals surface area contributed by atoms with Crippen molar-refractivity contribution >= 4 is 33.3 Å². The van der Waals surface area contributed by atoms with Gasteiger partial charge in [-0.3, -0.25) is 4.79 Å². The Bertz CT molecular complexity index is 296. The standard InChI is InChI=1S/C9H8BrClO/c1-6(10)9(12)7-3-2-4-8(11)5-7/h2-6H,1H3/t6-/m0/s1. The molecular formula is C9H8BrClO. The van der Waals surface area contributed by atoms with E-state index in [9.17, 15) is 4.79 Å². The highest BCUT2D eigenvalue weighted by Gasteiger charge is 2.11. The summed E-state index contributed by atoms with van der Waals surface area (Å²) in [7, 11) is 0. The van der Waals surface area contributed by atoms with Crippen LogP contribution in [0.4, 0.5) is 0 Å². The second-order valence-corrected chi connectivity index (χ2v) is 4.30. The summed E-state index contributed by atoms with van der Waals surface area (Å²) in [5.41, 5.74) is 0.645. The molecule has 0 heterocycles. The van der Waals surface area contributed by atoms with E-state index in [0.29, 0.717) is 10.6 Å². The molecule has 0 aromatic heterocycles. The van der Waals surface area contributed by atoms with Crippen LogP contribution in [0.5, 0.6) is 0 Å². The number of ketones is 1. The van der Waals surface area contributed by atoms with Crippen molar-refractivity contribution in [3.05, 3.63) is 34.9 Å². The van der Waals surface area contributed by atoms with Crippen molar-refractivity contribution in [1.29, 1.82) is 0 Å². The van der Waals surface area contributed by atoms with Gasteiger partial charge in [0.25, 0.3) is 0 Å². The second-order valence-electron chi connectivity index (χ2n) is 2.49. The lowest BCUT2D eigenvalue weighted by Gasteiger charge is -2.01. The summed E-state index contributed by atoms with van der Waals surface area (Å²) in [5, 5.41) is 0.592. The zero-order chi connectivity index (χ0) is 9.14. The molecule has 1 nitrogen and oxygen atoms in total. The van der Waals surface area contributed by atoms with Crippen LogP contribution >= 0.6 is 27.5 Å². The maximum Gasteiger partial charge on any atom is 0.176 e. The van der Waals surface area contributed by atoms with E-state index in [1.807, 2.05) is 0 Å². The van der Waals surface area contributed by atoms with Crippen molar-refractivity contribution in [3.63, 3.8) is 0 Å². The number of halogens is 2. The molecule has 0 saturated carbocycles. The van der Waals surface area contributed by atoms with Crippen molar-refractivity contribution in [2.45, 2.75) is 11.8 Å². The summed E-state index contributed by atoms with van der Waals surface area (Å²) in [5.74, 6) is 0.0532. The molecule has 0 fully saturated rings. The molecule has 0 N–H and O–H groups in total. The van der Waals surface area contributed by atoms with Crippen molar-refractivity contribution in [2.24, 2.45) is 0 Å². The third-order valence-corrected chi connectivity index (χ3v) is 2.12. The molecule has 1 atom stereocenters. The SMILES string of the molecule is C[C@H](Br)C(=O)c1cccc(Cl)c1. The Morgan fingerprint density at radius 1 is 1.58 bits per heavy atom. The molecule has 1 aromatic carbocycles. The maximum absolute atomic E-state index is 11.4. The highest BCUT2D eigenvalue weighted by atomic mass is 79.9. The number of Topliss-reactive ketones (excluding diaryl/α,β-unsaturated/α-hetero) is 1. The molecule has 0 aliphatic heterocycles. The first-order valence-corrected chi connectivity index (χ1v) is 4.84. The number of hydrogen-bond donors (Lipinski definition) is 0. The zero-order valence-electron chi connectivity index (χ0n) is 6.55. The lowest BCUT2D eigenvalue weighted by Crippen LogP contribution is -2.09. The Hall–Kier alpha value is -0.340. The van der Waals surface area contributed by atoms with Gasteiger partial charge >= 0.3 is 0 Å². The van der Waals surface area contributed by atoms with Gasteiger partial charge in [-0.15, -0.1) is 0 Å². The van der Waals surface area contributed by atoms with Crippen molar-refractivity contribution < 1.29 is 4.79 Å². The smallest absolute Gasteiger partial charge is 0.176 e. The number of benzene rings is 1. The van der Waals surface area contributed by atoms with E-state index in [1.165, 1.54) is 0 Å². The Balaban J connectivity index is 2.96. The lowest BCUT2D eigenvalue weighted by molar-refractivity contribution is 0.0996. The summed E-state index contributed by atoms with van der Waals surface area (Å²) in [6.45, 7) is 1.79. The van der Waals surface area contributed by atoms with E-state index in [0.717, 1.165) is 0 Å². The number of carbonyl (C=O) groups is 1. The fourth-order valence-electron chi connectivity index (χ4n) is 0.871. The van der Waals surface area contributed by atoms with Gasteiger partial charge in [-0.1, -0.05) is 39.7 Å². The van der Waals surface area contributed by atoms with Crippen LogP contribution in [0.15, 0.2) is 24.3 Å². The third-order valence-electron chi connectivity index (χ3n) is 1.47. The van der Waals surface area contributed by atoms with Crippen LogP contribution in [0, 0.1) is 0 Å². The number of alkyl halides is 1. The van der Waals surface area contributed by atoms with E-state index in [4.69, 9.17) is 11.6 Å². The summed E-state index contributed by atoms with van der Waals surface area (Å²) in [6.07, 6.45) is 0. The van der Waals surface area contributed by atoms with Crippen LogP contribution in [0.25, 0.3) is 0 Å². The molecule has 0 saturated heterocycles. The van der Waals surface area contributed by atoms with Crippen LogP contribution in [0.1, 0.15) is 17.3 Å². The van der Waals surface area contributed by atoms with Crippen LogP contribution in [0.3, 0.4) is 0 Å². The fourth-order valence-corrected chi connectivity index (χ4v) is 1.33. The summed E-state index contributed by atoms with van der Waals surface area (Å²) >= 11 is 8.93. The molecule has 0 aliphatic rings. The predicted molar refractivity (Wildman–Crippen MR) is 54.2 cm³/mol. The van der Waals surface area contributed by atoms with E-state index < -0.39 is 0 Å². The Labute approximate surface area is 84.9 Å². The quantitative estimate of drug-likeness (QED) is 0.579. The predicted octanol–water partition coefficient (Wildman–Crippen LogP) is 3.31. The zero-order valence-corrected chi connectivity index (χ0v) is 8.89. The number of hydrogen-bond acceptors (Lipinski definition) is 1. The molecule has 0 aliphatic carbocycles.